The highest BCUT2D eigenvalue weighted by molar-refractivity contribution is 7.99. The van der Waals surface area contributed by atoms with E-state index in [-0.39, 0.29) is 17.2 Å². The number of methoxy groups -OCH3 is 1. The van der Waals surface area contributed by atoms with Crippen LogP contribution in [-0.2, 0) is 10.5 Å². The van der Waals surface area contributed by atoms with Crippen LogP contribution in [0, 0.1) is 0 Å². The molecule has 130 valence electrons. The van der Waals surface area contributed by atoms with Gasteiger partial charge in [0.1, 0.15) is 5.75 Å². The fourth-order valence-corrected chi connectivity index (χ4v) is 2.77. The number of carboxylic acid groups (broad SMARTS) is 1. The minimum Gasteiger partial charge on any atom is -0.497 e. The van der Waals surface area contributed by atoms with E-state index in [0.717, 1.165) is 11.3 Å². The van der Waals surface area contributed by atoms with Gasteiger partial charge in [-0.2, -0.15) is 5.10 Å². The maximum atomic E-state index is 11.8. The van der Waals surface area contributed by atoms with E-state index in [9.17, 15) is 9.59 Å². The lowest BCUT2D eigenvalue weighted by Gasteiger charge is -2.03. The van der Waals surface area contributed by atoms with Crippen molar-refractivity contribution in [1.82, 2.24) is 5.43 Å². The first-order valence-electron chi connectivity index (χ1n) is 7.45. The lowest BCUT2D eigenvalue weighted by atomic mass is 10.1. The standard InChI is InChI=1S/C18H18N2O4S/c1-24-15-8-6-13(7-9-15)11-25-12-17(21)20-19-10-14-4-2-3-5-16(14)18(22)23/h2-10H,11-12H2,1H3,(H,20,21)(H,22,23)/b19-10+. The molecule has 0 unspecified atom stereocenters. The van der Waals surface area contributed by atoms with Crippen LogP contribution < -0.4 is 10.2 Å². The van der Waals surface area contributed by atoms with Crippen LogP contribution >= 0.6 is 11.8 Å². The van der Waals surface area contributed by atoms with Gasteiger partial charge in [0.25, 0.3) is 0 Å². The summed E-state index contributed by atoms with van der Waals surface area (Å²) in [6.07, 6.45) is 1.33. The molecule has 0 radical (unpaired) electrons. The largest absolute Gasteiger partial charge is 0.497 e. The van der Waals surface area contributed by atoms with Crippen molar-refractivity contribution in [3.63, 3.8) is 0 Å². The van der Waals surface area contributed by atoms with E-state index in [2.05, 4.69) is 10.5 Å². The predicted molar refractivity (Wildman–Crippen MR) is 98.3 cm³/mol. The Labute approximate surface area is 149 Å². The number of rotatable bonds is 8. The van der Waals surface area contributed by atoms with E-state index in [0.29, 0.717) is 11.3 Å². The second-order valence-electron chi connectivity index (χ2n) is 5.03. The molecular weight excluding hydrogens is 340 g/mol. The number of hydrogen-bond acceptors (Lipinski definition) is 5. The Kier molecular flexibility index (Phi) is 7.03. The van der Waals surface area contributed by atoms with Crippen LogP contribution in [0.5, 0.6) is 5.75 Å². The Hall–Kier alpha value is -2.80. The summed E-state index contributed by atoms with van der Waals surface area (Å²) in [4.78, 5) is 22.8. The summed E-state index contributed by atoms with van der Waals surface area (Å²) in [7, 11) is 1.61. The summed E-state index contributed by atoms with van der Waals surface area (Å²) in [5, 5.41) is 12.9. The number of hydrazone groups is 1. The minimum atomic E-state index is -1.04. The number of ether oxygens (including phenoxy) is 1. The third-order valence-corrected chi connectivity index (χ3v) is 4.25. The molecule has 0 aliphatic carbocycles. The number of carbonyl (C=O) groups excluding carboxylic acids is 1. The molecule has 0 heterocycles. The van der Waals surface area contributed by atoms with E-state index < -0.39 is 5.97 Å². The maximum absolute atomic E-state index is 11.8. The van der Waals surface area contributed by atoms with Crippen molar-refractivity contribution in [2.24, 2.45) is 5.10 Å². The van der Waals surface area contributed by atoms with Crippen LogP contribution in [0.15, 0.2) is 53.6 Å². The Bertz CT molecular complexity index is 760. The van der Waals surface area contributed by atoms with Gasteiger partial charge in [0.15, 0.2) is 0 Å². The van der Waals surface area contributed by atoms with Crippen LogP contribution in [-0.4, -0.2) is 36.1 Å². The number of benzene rings is 2. The predicted octanol–water partition coefficient (Wildman–Crippen LogP) is 2.78. The molecule has 6 nitrogen and oxygen atoms in total. The first-order chi connectivity index (χ1) is 12.1. The highest BCUT2D eigenvalue weighted by Gasteiger charge is 2.07. The number of carboxylic acids is 1. The summed E-state index contributed by atoms with van der Waals surface area (Å²) >= 11 is 1.46. The van der Waals surface area contributed by atoms with E-state index in [4.69, 9.17) is 9.84 Å². The lowest BCUT2D eigenvalue weighted by molar-refractivity contribution is -0.118. The summed E-state index contributed by atoms with van der Waals surface area (Å²) < 4.78 is 5.09. The first-order valence-corrected chi connectivity index (χ1v) is 8.60. The fourth-order valence-electron chi connectivity index (χ4n) is 1.99. The number of nitrogens with zero attached hydrogens (tertiary/aromatic N) is 1. The van der Waals surface area contributed by atoms with E-state index in [1.165, 1.54) is 24.0 Å². The number of hydrogen-bond donors (Lipinski definition) is 2. The highest BCUT2D eigenvalue weighted by Crippen LogP contribution is 2.16. The van der Waals surface area contributed by atoms with Gasteiger partial charge in [-0.3, -0.25) is 4.79 Å². The SMILES string of the molecule is COc1ccc(CSCC(=O)N/N=C/c2ccccc2C(=O)O)cc1. The molecule has 0 spiro atoms. The topological polar surface area (TPSA) is 88.0 Å². The molecule has 0 aromatic heterocycles. The summed E-state index contributed by atoms with van der Waals surface area (Å²) in [6, 6.07) is 14.1. The molecule has 25 heavy (non-hydrogen) atoms. The molecule has 2 N–H and O–H groups in total. The monoisotopic (exact) mass is 358 g/mol. The number of amides is 1. The van der Waals surface area contributed by atoms with Gasteiger partial charge in [-0.25, -0.2) is 10.2 Å². The molecule has 2 aromatic carbocycles. The molecule has 2 aromatic rings. The van der Waals surface area contributed by atoms with E-state index >= 15 is 0 Å². The molecule has 0 saturated carbocycles. The van der Waals surface area contributed by atoms with Gasteiger partial charge < -0.3 is 9.84 Å². The zero-order valence-corrected chi connectivity index (χ0v) is 14.5. The van der Waals surface area contributed by atoms with Crippen molar-refractivity contribution < 1.29 is 19.4 Å². The summed E-state index contributed by atoms with van der Waals surface area (Å²) in [5.74, 6) is 0.459. The molecule has 0 bridgehead atoms. The van der Waals surface area contributed by atoms with Gasteiger partial charge in [0.2, 0.25) is 5.91 Å². The maximum Gasteiger partial charge on any atom is 0.336 e. The molecule has 0 fully saturated rings. The van der Waals surface area contributed by atoms with Crippen molar-refractivity contribution in [3.8, 4) is 5.75 Å². The summed E-state index contributed by atoms with van der Waals surface area (Å²) in [5.41, 5.74) is 4.06. The quantitative estimate of drug-likeness (QED) is 0.560. The van der Waals surface area contributed by atoms with Gasteiger partial charge in [0, 0.05) is 11.3 Å². The zero-order valence-electron chi connectivity index (χ0n) is 13.6. The van der Waals surface area contributed by atoms with Crippen molar-refractivity contribution in [2.45, 2.75) is 5.75 Å². The van der Waals surface area contributed by atoms with Crippen LogP contribution in [0.4, 0.5) is 0 Å². The normalized spacial score (nSPS) is 10.6. The van der Waals surface area contributed by atoms with Crippen molar-refractivity contribution in [3.05, 3.63) is 65.2 Å². The van der Waals surface area contributed by atoms with E-state index in [1.54, 1.807) is 25.3 Å². The molecule has 0 aliphatic heterocycles. The van der Waals surface area contributed by atoms with Crippen molar-refractivity contribution >= 4 is 29.9 Å². The summed E-state index contributed by atoms with van der Waals surface area (Å²) in [6.45, 7) is 0. The van der Waals surface area contributed by atoms with Crippen molar-refractivity contribution in [2.75, 3.05) is 12.9 Å². The number of carbonyl (C=O) groups is 2. The molecule has 1 amide bonds. The van der Waals surface area contributed by atoms with Gasteiger partial charge in [-0.15, -0.1) is 11.8 Å². The molecule has 0 aliphatic rings. The fraction of sp³-hybridized carbons (Fsp3) is 0.167. The third-order valence-electron chi connectivity index (χ3n) is 3.25. The first kappa shape index (κ1) is 18.5. The van der Waals surface area contributed by atoms with Gasteiger partial charge >= 0.3 is 5.97 Å². The Morgan fingerprint density at radius 2 is 1.92 bits per heavy atom. The minimum absolute atomic E-state index is 0.134. The smallest absolute Gasteiger partial charge is 0.336 e. The zero-order chi connectivity index (χ0) is 18.1. The Balaban J connectivity index is 1.78. The highest BCUT2D eigenvalue weighted by atomic mass is 32.2. The number of nitrogens with one attached hydrogen (secondary N) is 1. The molecular formula is C18H18N2O4S. The number of thioether (sulfide) groups is 1. The van der Waals surface area contributed by atoms with Crippen molar-refractivity contribution in [1.29, 1.82) is 0 Å². The Morgan fingerprint density at radius 3 is 2.60 bits per heavy atom. The van der Waals surface area contributed by atoms with Gasteiger partial charge in [0.05, 0.1) is 24.6 Å². The van der Waals surface area contributed by atoms with Gasteiger partial charge in [-0.1, -0.05) is 30.3 Å². The average Bonchev–Trinajstić information content (AvgIpc) is 2.62. The Morgan fingerprint density at radius 1 is 1.20 bits per heavy atom. The van der Waals surface area contributed by atoms with Crippen LogP contribution in [0.1, 0.15) is 21.5 Å². The van der Waals surface area contributed by atoms with Gasteiger partial charge in [-0.05, 0) is 23.8 Å². The molecule has 0 saturated heterocycles. The third kappa shape index (κ3) is 5.96. The van der Waals surface area contributed by atoms with Crippen LogP contribution in [0.3, 0.4) is 0 Å². The second-order valence-corrected chi connectivity index (χ2v) is 6.01. The molecule has 7 heteroatoms. The van der Waals surface area contributed by atoms with Crippen LogP contribution in [0.2, 0.25) is 0 Å². The average molecular weight is 358 g/mol. The molecule has 0 atom stereocenters. The second kappa shape index (κ2) is 9.48. The lowest BCUT2D eigenvalue weighted by Crippen LogP contribution is -2.20. The number of aromatic carboxylic acids is 1. The van der Waals surface area contributed by atoms with Crippen LogP contribution in [0.25, 0.3) is 0 Å². The van der Waals surface area contributed by atoms with E-state index in [1.807, 2.05) is 24.3 Å². The molecule has 2 rings (SSSR count).